The van der Waals surface area contributed by atoms with Crippen molar-refractivity contribution in [3.8, 4) is 5.75 Å². The van der Waals surface area contributed by atoms with Crippen LogP contribution in [0, 0.1) is 20.8 Å². The molecule has 0 saturated carbocycles. The third-order valence-corrected chi connectivity index (χ3v) is 3.25. The minimum absolute atomic E-state index is 0.0334. The molecule has 5 heteroatoms. The summed E-state index contributed by atoms with van der Waals surface area (Å²) in [4.78, 5) is 23.9. The molecule has 21 heavy (non-hydrogen) atoms. The van der Waals surface area contributed by atoms with Gasteiger partial charge in [0.1, 0.15) is 5.75 Å². The number of aryl methyl sites for hydroxylation is 3. The molecule has 0 unspecified atom stereocenters. The molecule has 0 aliphatic rings. The van der Waals surface area contributed by atoms with Gasteiger partial charge in [0.2, 0.25) is 0 Å². The highest BCUT2D eigenvalue weighted by atomic mass is 16.5. The number of likely N-dealkylation sites (N-methyl/N-ethyl adjacent to an activating group) is 1. The Morgan fingerprint density at radius 1 is 1.19 bits per heavy atom. The van der Waals surface area contributed by atoms with Gasteiger partial charge in [-0.25, -0.2) is 0 Å². The highest BCUT2D eigenvalue weighted by Gasteiger charge is 2.12. The van der Waals surface area contributed by atoms with Crippen LogP contribution in [0.25, 0.3) is 0 Å². The summed E-state index contributed by atoms with van der Waals surface area (Å²) < 4.78 is 5.63. The van der Waals surface area contributed by atoms with Crippen molar-refractivity contribution in [2.45, 2.75) is 33.6 Å². The van der Waals surface area contributed by atoms with Crippen LogP contribution >= 0.6 is 0 Å². The van der Waals surface area contributed by atoms with Crippen LogP contribution in [0.15, 0.2) is 12.1 Å². The number of amides is 1. The number of ether oxygens (including phenoxy) is 1. The second-order valence-corrected chi connectivity index (χ2v) is 5.33. The van der Waals surface area contributed by atoms with Gasteiger partial charge < -0.3 is 14.7 Å². The molecule has 0 fully saturated rings. The molecule has 1 aromatic rings. The number of nitrogens with zero attached hydrogens (tertiary/aromatic N) is 1. The second kappa shape index (κ2) is 7.67. The number of hydrogen-bond donors (Lipinski definition) is 1. The number of carbonyl (C=O) groups is 2. The number of carbonyl (C=O) groups excluding carboxylic acids is 1. The minimum Gasteiger partial charge on any atom is -0.483 e. The van der Waals surface area contributed by atoms with Crippen molar-refractivity contribution in [2.24, 2.45) is 0 Å². The molecule has 0 aliphatic carbocycles. The minimum atomic E-state index is -0.849. The van der Waals surface area contributed by atoms with Gasteiger partial charge in [0.15, 0.2) is 6.61 Å². The molecule has 0 aromatic heterocycles. The van der Waals surface area contributed by atoms with Gasteiger partial charge in [-0.3, -0.25) is 9.59 Å². The van der Waals surface area contributed by atoms with Crippen LogP contribution in [0.2, 0.25) is 0 Å². The molecule has 116 valence electrons. The maximum atomic E-state index is 11.9. The van der Waals surface area contributed by atoms with E-state index in [2.05, 4.69) is 0 Å². The molecule has 0 spiro atoms. The van der Waals surface area contributed by atoms with Gasteiger partial charge in [-0.05, 0) is 38.3 Å². The van der Waals surface area contributed by atoms with E-state index in [4.69, 9.17) is 9.84 Å². The fourth-order valence-electron chi connectivity index (χ4n) is 2.23. The molecule has 1 rings (SSSR count). The Morgan fingerprint density at radius 3 is 2.29 bits per heavy atom. The smallest absolute Gasteiger partial charge is 0.303 e. The van der Waals surface area contributed by atoms with Crippen molar-refractivity contribution < 1.29 is 19.4 Å². The predicted molar refractivity (Wildman–Crippen MR) is 80.7 cm³/mol. The third kappa shape index (κ3) is 5.45. The zero-order valence-corrected chi connectivity index (χ0v) is 13.1. The normalized spacial score (nSPS) is 10.3. The van der Waals surface area contributed by atoms with Crippen molar-refractivity contribution >= 4 is 11.9 Å². The summed E-state index contributed by atoms with van der Waals surface area (Å²) in [5.74, 6) is -0.259. The first-order valence-electron chi connectivity index (χ1n) is 6.97. The Kier molecular flexibility index (Phi) is 6.21. The quantitative estimate of drug-likeness (QED) is 0.837. The van der Waals surface area contributed by atoms with Gasteiger partial charge in [0.25, 0.3) is 5.91 Å². The first-order chi connectivity index (χ1) is 9.81. The Labute approximate surface area is 125 Å². The highest BCUT2D eigenvalue weighted by molar-refractivity contribution is 5.77. The Balaban J connectivity index is 2.51. The van der Waals surface area contributed by atoms with Gasteiger partial charge in [-0.15, -0.1) is 0 Å². The van der Waals surface area contributed by atoms with Gasteiger partial charge in [-0.1, -0.05) is 17.7 Å². The van der Waals surface area contributed by atoms with E-state index >= 15 is 0 Å². The number of carboxylic acids is 1. The molecule has 0 bridgehead atoms. The lowest BCUT2D eigenvalue weighted by Gasteiger charge is -2.18. The Morgan fingerprint density at radius 2 is 1.76 bits per heavy atom. The maximum Gasteiger partial charge on any atom is 0.303 e. The van der Waals surface area contributed by atoms with Crippen molar-refractivity contribution in [3.05, 3.63) is 28.8 Å². The molecule has 5 nitrogen and oxygen atoms in total. The molecular formula is C16H23NO4. The first-order valence-corrected chi connectivity index (χ1v) is 6.97. The van der Waals surface area contributed by atoms with Crippen molar-refractivity contribution in [2.75, 3.05) is 20.2 Å². The van der Waals surface area contributed by atoms with Gasteiger partial charge in [0.05, 0.1) is 0 Å². The predicted octanol–water partition coefficient (Wildman–Crippen LogP) is 2.31. The van der Waals surface area contributed by atoms with Crippen LogP contribution in [0.1, 0.15) is 29.5 Å². The monoisotopic (exact) mass is 293 g/mol. The summed E-state index contributed by atoms with van der Waals surface area (Å²) in [5.41, 5.74) is 3.18. The standard InChI is InChI=1S/C16H23NO4/c1-11-8-12(2)16(13(3)9-11)21-10-14(18)17(4)7-5-6-15(19)20/h8-9H,5-7,10H2,1-4H3,(H,19,20). The first kappa shape index (κ1) is 17.0. The fourth-order valence-corrected chi connectivity index (χ4v) is 2.23. The number of aliphatic carboxylic acids is 1. The fraction of sp³-hybridized carbons (Fsp3) is 0.500. The summed E-state index contributed by atoms with van der Waals surface area (Å²) in [6.45, 7) is 6.31. The van der Waals surface area contributed by atoms with E-state index < -0.39 is 5.97 Å². The zero-order valence-electron chi connectivity index (χ0n) is 13.1. The van der Waals surface area contributed by atoms with Crippen LogP contribution in [0.4, 0.5) is 0 Å². The summed E-state index contributed by atoms with van der Waals surface area (Å²) >= 11 is 0. The van der Waals surface area contributed by atoms with E-state index in [1.54, 1.807) is 7.05 Å². The Bertz CT molecular complexity index is 502. The Hall–Kier alpha value is -2.04. The van der Waals surface area contributed by atoms with Crippen molar-refractivity contribution in [1.82, 2.24) is 4.90 Å². The SMILES string of the molecule is Cc1cc(C)c(OCC(=O)N(C)CCCC(=O)O)c(C)c1. The van der Waals surface area contributed by atoms with E-state index in [1.807, 2.05) is 32.9 Å². The van der Waals surface area contributed by atoms with Crippen LogP contribution in [0.3, 0.4) is 0 Å². The van der Waals surface area contributed by atoms with Crippen LogP contribution in [-0.2, 0) is 9.59 Å². The molecule has 0 aliphatic heterocycles. The van der Waals surface area contributed by atoms with Gasteiger partial charge in [0, 0.05) is 20.0 Å². The van der Waals surface area contributed by atoms with E-state index in [-0.39, 0.29) is 18.9 Å². The molecular weight excluding hydrogens is 270 g/mol. The van der Waals surface area contributed by atoms with E-state index in [9.17, 15) is 9.59 Å². The number of hydrogen-bond acceptors (Lipinski definition) is 3. The molecule has 1 aromatic carbocycles. The van der Waals surface area contributed by atoms with Crippen LogP contribution < -0.4 is 4.74 Å². The largest absolute Gasteiger partial charge is 0.483 e. The highest BCUT2D eigenvalue weighted by Crippen LogP contribution is 2.24. The van der Waals surface area contributed by atoms with E-state index in [0.29, 0.717) is 13.0 Å². The summed E-state index contributed by atoms with van der Waals surface area (Å²) in [5, 5.41) is 8.57. The molecule has 1 N–H and O–H groups in total. The maximum absolute atomic E-state index is 11.9. The van der Waals surface area contributed by atoms with E-state index in [1.165, 1.54) is 4.90 Å². The molecule has 0 saturated heterocycles. The topological polar surface area (TPSA) is 66.8 Å². The van der Waals surface area contributed by atoms with E-state index in [0.717, 1.165) is 22.4 Å². The second-order valence-electron chi connectivity index (χ2n) is 5.33. The lowest BCUT2D eigenvalue weighted by Crippen LogP contribution is -2.32. The van der Waals surface area contributed by atoms with Crippen molar-refractivity contribution in [3.63, 3.8) is 0 Å². The number of benzene rings is 1. The van der Waals surface area contributed by atoms with Gasteiger partial charge in [-0.2, -0.15) is 0 Å². The third-order valence-electron chi connectivity index (χ3n) is 3.25. The number of carboxylic acid groups (broad SMARTS) is 1. The van der Waals surface area contributed by atoms with Crippen LogP contribution in [0.5, 0.6) is 5.75 Å². The lowest BCUT2D eigenvalue weighted by atomic mass is 10.1. The average Bonchev–Trinajstić information content (AvgIpc) is 2.36. The summed E-state index contributed by atoms with van der Waals surface area (Å²) in [6, 6.07) is 4.03. The van der Waals surface area contributed by atoms with Crippen molar-refractivity contribution in [1.29, 1.82) is 0 Å². The zero-order chi connectivity index (χ0) is 16.0. The summed E-state index contributed by atoms with van der Waals surface area (Å²) in [6.07, 6.45) is 0.509. The summed E-state index contributed by atoms with van der Waals surface area (Å²) in [7, 11) is 1.66. The molecule has 0 atom stereocenters. The molecule has 0 heterocycles. The molecule has 1 amide bonds. The number of rotatable bonds is 7. The van der Waals surface area contributed by atoms with Gasteiger partial charge >= 0.3 is 5.97 Å². The lowest BCUT2D eigenvalue weighted by molar-refractivity contribution is -0.138. The van der Waals surface area contributed by atoms with Crippen LogP contribution in [-0.4, -0.2) is 42.1 Å². The molecule has 0 radical (unpaired) electrons. The average molecular weight is 293 g/mol.